The molecule has 0 fully saturated rings. The monoisotopic (exact) mass is 827 g/mol. The first kappa shape index (κ1) is 37.1. The molecule has 0 spiro atoms. The zero-order chi connectivity index (χ0) is 42.9. The lowest BCUT2D eigenvalue weighted by molar-refractivity contribution is 0.672. The van der Waals surface area contributed by atoms with Crippen LogP contribution in [-0.4, -0.2) is 0 Å². The number of para-hydroxylation sites is 1. The topological polar surface area (TPSA) is 16.4 Å². The second-order valence-electron chi connectivity index (χ2n) is 17.2. The normalized spacial score (nSPS) is 12.7. The van der Waals surface area contributed by atoms with Gasteiger partial charge in [-0.3, -0.25) is 0 Å². The molecule has 2 nitrogen and oxygen atoms in total. The highest BCUT2D eigenvalue weighted by Crippen LogP contribution is 2.57. The predicted octanol–water partition coefficient (Wildman–Crippen LogP) is 17.1. The van der Waals surface area contributed by atoms with Crippen LogP contribution >= 0.6 is 0 Å². The fourth-order valence-corrected chi connectivity index (χ4v) is 10.9. The number of anilines is 3. The highest BCUT2D eigenvalue weighted by Gasteiger charge is 2.46. The SMILES string of the molecule is c1ccc(C2(c3ccccc3)c3ccccc3-c3ccc(N(c4ccc(-c5cccc6ccccc56)cc4)c4ccccc4-c4ccc5oc6c7ccccc7ccc6c5c4)cc32)cc1. The number of rotatable bonds is 7. The molecular weight excluding hydrogens is 787 g/mol. The summed E-state index contributed by atoms with van der Waals surface area (Å²) in [5.74, 6) is 0. The van der Waals surface area contributed by atoms with E-state index in [-0.39, 0.29) is 0 Å². The largest absolute Gasteiger partial charge is 0.455 e. The molecule has 0 N–H and O–H groups in total. The maximum absolute atomic E-state index is 6.60. The Labute approximate surface area is 377 Å². The zero-order valence-electron chi connectivity index (χ0n) is 35.5. The Hall–Kier alpha value is -8.46. The third-order valence-electron chi connectivity index (χ3n) is 13.7. The van der Waals surface area contributed by atoms with E-state index < -0.39 is 5.41 Å². The summed E-state index contributed by atoms with van der Waals surface area (Å²) in [5.41, 5.74) is 16.7. The molecular formula is C63H41NO. The summed E-state index contributed by atoms with van der Waals surface area (Å²) < 4.78 is 6.60. The van der Waals surface area contributed by atoms with Crippen LogP contribution in [0.4, 0.5) is 17.1 Å². The maximum Gasteiger partial charge on any atom is 0.143 e. The van der Waals surface area contributed by atoms with Gasteiger partial charge in [-0.25, -0.2) is 0 Å². The molecule has 2 heteroatoms. The molecule has 1 heterocycles. The van der Waals surface area contributed by atoms with Gasteiger partial charge >= 0.3 is 0 Å². The third kappa shape index (κ3) is 5.74. The summed E-state index contributed by atoms with van der Waals surface area (Å²) in [4.78, 5) is 2.46. The molecule has 1 aromatic heterocycles. The Morgan fingerprint density at radius 2 is 0.908 bits per heavy atom. The first-order chi connectivity index (χ1) is 32.2. The number of furan rings is 1. The summed E-state index contributed by atoms with van der Waals surface area (Å²) in [6.07, 6.45) is 0. The number of nitrogens with zero attached hydrogens (tertiary/aromatic N) is 1. The lowest BCUT2D eigenvalue weighted by Crippen LogP contribution is -2.28. The molecule has 0 bridgehead atoms. The van der Waals surface area contributed by atoms with E-state index in [0.29, 0.717) is 0 Å². The van der Waals surface area contributed by atoms with Crippen molar-refractivity contribution in [3.8, 4) is 33.4 Å². The van der Waals surface area contributed by atoms with Crippen LogP contribution in [0.15, 0.2) is 253 Å². The second kappa shape index (κ2) is 14.8. The van der Waals surface area contributed by atoms with Crippen LogP contribution in [0.5, 0.6) is 0 Å². The van der Waals surface area contributed by atoms with Crippen molar-refractivity contribution in [3.05, 3.63) is 271 Å². The summed E-state index contributed by atoms with van der Waals surface area (Å²) in [5, 5.41) is 7.01. The summed E-state index contributed by atoms with van der Waals surface area (Å²) >= 11 is 0. The zero-order valence-corrected chi connectivity index (χ0v) is 35.5. The van der Waals surface area contributed by atoms with Crippen LogP contribution in [0.25, 0.3) is 76.9 Å². The van der Waals surface area contributed by atoms with Crippen LogP contribution in [0.1, 0.15) is 22.3 Å². The molecule has 1 aliphatic carbocycles. The Kier molecular flexibility index (Phi) is 8.47. The third-order valence-corrected chi connectivity index (χ3v) is 13.7. The average Bonchev–Trinajstić information content (AvgIpc) is 3.91. The van der Waals surface area contributed by atoms with Gasteiger partial charge in [0, 0.05) is 33.1 Å². The smallest absolute Gasteiger partial charge is 0.143 e. The van der Waals surface area contributed by atoms with Crippen molar-refractivity contribution < 1.29 is 4.42 Å². The van der Waals surface area contributed by atoms with Crippen molar-refractivity contribution in [1.29, 1.82) is 0 Å². The van der Waals surface area contributed by atoms with Gasteiger partial charge in [0.25, 0.3) is 0 Å². The van der Waals surface area contributed by atoms with Crippen LogP contribution in [-0.2, 0) is 5.41 Å². The molecule has 0 aliphatic heterocycles. The minimum atomic E-state index is -0.536. The van der Waals surface area contributed by atoms with E-state index in [0.717, 1.165) is 55.5 Å². The van der Waals surface area contributed by atoms with Crippen LogP contribution in [0.2, 0.25) is 0 Å². The van der Waals surface area contributed by atoms with Crippen molar-refractivity contribution >= 4 is 60.5 Å². The highest BCUT2D eigenvalue weighted by molar-refractivity contribution is 6.15. The molecule has 0 atom stereocenters. The lowest BCUT2D eigenvalue weighted by Gasteiger charge is -2.35. The first-order valence-electron chi connectivity index (χ1n) is 22.4. The van der Waals surface area contributed by atoms with Gasteiger partial charge in [0.1, 0.15) is 11.2 Å². The fourth-order valence-electron chi connectivity index (χ4n) is 10.9. The fraction of sp³-hybridized carbons (Fsp3) is 0.0159. The summed E-state index contributed by atoms with van der Waals surface area (Å²) in [6, 6.07) is 90.9. The van der Waals surface area contributed by atoms with Crippen molar-refractivity contribution in [2.45, 2.75) is 5.41 Å². The van der Waals surface area contributed by atoms with Crippen LogP contribution in [0.3, 0.4) is 0 Å². The van der Waals surface area contributed by atoms with E-state index in [9.17, 15) is 0 Å². The van der Waals surface area contributed by atoms with E-state index in [1.165, 1.54) is 60.7 Å². The van der Waals surface area contributed by atoms with Crippen molar-refractivity contribution in [2.75, 3.05) is 4.90 Å². The van der Waals surface area contributed by atoms with E-state index in [1.54, 1.807) is 0 Å². The minimum Gasteiger partial charge on any atom is -0.455 e. The predicted molar refractivity (Wildman–Crippen MR) is 272 cm³/mol. The average molecular weight is 828 g/mol. The van der Waals surface area contributed by atoms with Gasteiger partial charge in [-0.2, -0.15) is 0 Å². The molecule has 0 saturated carbocycles. The Balaban J connectivity index is 1.04. The molecule has 1 aliphatic rings. The van der Waals surface area contributed by atoms with E-state index in [1.807, 2.05) is 0 Å². The van der Waals surface area contributed by atoms with E-state index in [2.05, 4.69) is 254 Å². The molecule has 13 rings (SSSR count). The molecule has 304 valence electrons. The molecule has 11 aromatic carbocycles. The van der Waals surface area contributed by atoms with Crippen LogP contribution in [0, 0.1) is 0 Å². The summed E-state index contributed by atoms with van der Waals surface area (Å²) in [6.45, 7) is 0. The van der Waals surface area contributed by atoms with Gasteiger partial charge in [-0.1, -0.05) is 200 Å². The van der Waals surface area contributed by atoms with Gasteiger partial charge in [-0.05, 0) is 115 Å². The molecule has 65 heavy (non-hydrogen) atoms. The quantitative estimate of drug-likeness (QED) is 0.159. The molecule has 12 aromatic rings. The van der Waals surface area contributed by atoms with Gasteiger partial charge in [-0.15, -0.1) is 0 Å². The van der Waals surface area contributed by atoms with Gasteiger partial charge in [0.05, 0.1) is 11.1 Å². The number of benzene rings is 11. The van der Waals surface area contributed by atoms with E-state index >= 15 is 0 Å². The van der Waals surface area contributed by atoms with Gasteiger partial charge < -0.3 is 9.32 Å². The molecule has 0 saturated heterocycles. The number of hydrogen-bond acceptors (Lipinski definition) is 2. The lowest BCUT2D eigenvalue weighted by atomic mass is 9.67. The van der Waals surface area contributed by atoms with Crippen LogP contribution < -0.4 is 4.90 Å². The van der Waals surface area contributed by atoms with Crippen molar-refractivity contribution in [1.82, 2.24) is 0 Å². The first-order valence-corrected chi connectivity index (χ1v) is 22.4. The Morgan fingerprint density at radius 1 is 0.323 bits per heavy atom. The van der Waals surface area contributed by atoms with E-state index in [4.69, 9.17) is 4.42 Å². The van der Waals surface area contributed by atoms with Gasteiger partial charge in [0.2, 0.25) is 0 Å². The summed E-state index contributed by atoms with van der Waals surface area (Å²) in [7, 11) is 0. The number of fused-ring (bicyclic) bond motifs is 9. The molecule has 0 amide bonds. The number of hydrogen-bond donors (Lipinski definition) is 0. The Bertz CT molecular complexity index is 3730. The second-order valence-corrected chi connectivity index (χ2v) is 17.2. The highest BCUT2D eigenvalue weighted by atomic mass is 16.3. The molecule has 0 unspecified atom stereocenters. The standard InChI is InChI=1S/C63H41NO/c1-3-19-46(20-4-1)63(47-21-5-2-6-22-47)58-28-13-11-26-54(58)55-38-36-49(41-59(55)63)64(48-34-30-44(31-35-48)51-27-15-18-42-16-7-9-23-50(42)51)60-29-14-12-24-52(60)45-33-39-61-57(40-45)56-37-32-43-17-8-10-25-53(43)62(56)65-61/h1-41H. The minimum absolute atomic E-state index is 0.536. The van der Waals surface area contributed by atoms with Gasteiger partial charge in [0.15, 0.2) is 0 Å². The van der Waals surface area contributed by atoms with Crippen molar-refractivity contribution in [3.63, 3.8) is 0 Å². The Morgan fingerprint density at radius 3 is 1.69 bits per heavy atom. The maximum atomic E-state index is 6.60. The molecule has 0 radical (unpaired) electrons. The van der Waals surface area contributed by atoms with Crippen molar-refractivity contribution in [2.24, 2.45) is 0 Å².